The molecule has 2 heterocycles. The van der Waals surface area contributed by atoms with Gasteiger partial charge >= 0.3 is 0 Å². The van der Waals surface area contributed by atoms with Crippen molar-refractivity contribution in [1.82, 2.24) is 9.99 Å². The van der Waals surface area contributed by atoms with Crippen molar-refractivity contribution in [3.8, 4) is 5.88 Å². The first-order valence-electron chi connectivity index (χ1n) is 8.65. The zero-order valence-corrected chi connectivity index (χ0v) is 16.1. The van der Waals surface area contributed by atoms with Gasteiger partial charge in [0, 0.05) is 18.9 Å². The van der Waals surface area contributed by atoms with Gasteiger partial charge in [0.1, 0.15) is 11.5 Å². The Bertz CT molecular complexity index is 616. The number of aliphatic hydroxyl groups excluding tert-OH is 1. The van der Waals surface area contributed by atoms with Crippen LogP contribution in [0.15, 0.2) is 23.4 Å². The molecule has 1 aromatic heterocycles. The van der Waals surface area contributed by atoms with E-state index in [2.05, 4.69) is 10.1 Å². The van der Waals surface area contributed by atoms with Gasteiger partial charge in [0.2, 0.25) is 5.88 Å². The number of ether oxygens (including phenoxy) is 2. The first-order chi connectivity index (χ1) is 12.3. The van der Waals surface area contributed by atoms with Gasteiger partial charge in [-0.25, -0.2) is 9.99 Å². The van der Waals surface area contributed by atoms with Gasteiger partial charge in [-0.15, -0.1) is 11.6 Å². The van der Waals surface area contributed by atoms with E-state index in [0.29, 0.717) is 18.9 Å². The van der Waals surface area contributed by atoms with Crippen LogP contribution in [0.3, 0.4) is 0 Å². The molecule has 0 radical (unpaired) electrons. The molecule has 2 atom stereocenters. The SMILES string of the molecule is CC(C)(C)N1N=CC(OCc2ccc(OCCCCO)nc2)C(Cl)C1=O. The van der Waals surface area contributed by atoms with E-state index in [1.807, 2.05) is 26.8 Å². The van der Waals surface area contributed by atoms with Gasteiger partial charge in [-0.05, 0) is 45.2 Å². The van der Waals surface area contributed by atoms with Crippen LogP contribution < -0.4 is 4.74 Å². The van der Waals surface area contributed by atoms with Crippen LogP contribution in [-0.2, 0) is 16.1 Å². The summed E-state index contributed by atoms with van der Waals surface area (Å²) in [7, 11) is 0. The fraction of sp³-hybridized carbons (Fsp3) is 0.611. The van der Waals surface area contributed by atoms with Crippen LogP contribution in [0.2, 0.25) is 0 Å². The molecule has 0 spiro atoms. The van der Waals surface area contributed by atoms with Gasteiger partial charge in [0.05, 0.1) is 25.0 Å². The summed E-state index contributed by atoms with van der Waals surface area (Å²) in [6.07, 6.45) is 4.13. The first kappa shape index (κ1) is 20.6. The summed E-state index contributed by atoms with van der Waals surface area (Å²) in [4.78, 5) is 16.6. The Morgan fingerprint density at radius 3 is 2.69 bits per heavy atom. The van der Waals surface area contributed by atoms with Gasteiger partial charge in [0.25, 0.3) is 5.91 Å². The minimum absolute atomic E-state index is 0.162. The summed E-state index contributed by atoms with van der Waals surface area (Å²) in [6, 6.07) is 3.61. The maximum absolute atomic E-state index is 12.3. The molecule has 0 saturated carbocycles. The molecule has 0 aliphatic carbocycles. The van der Waals surface area contributed by atoms with Crippen LogP contribution in [0.5, 0.6) is 5.88 Å². The predicted octanol–water partition coefficient (Wildman–Crippen LogP) is 2.35. The number of hydrazone groups is 1. The highest BCUT2D eigenvalue weighted by molar-refractivity contribution is 6.32. The second kappa shape index (κ2) is 9.30. The van der Waals surface area contributed by atoms with E-state index in [1.165, 1.54) is 5.01 Å². The lowest BCUT2D eigenvalue weighted by atomic mass is 10.1. The topological polar surface area (TPSA) is 84.2 Å². The summed E-state index contributed by atoms with van der Waals surface area (Å²) < 4.78 is 11.2. The third-order valence-electron chi connectivity index (χ3n) is 3.74. The largest absolute Gasteiger partial charge is 0.478 e. The fourth-order valence-corrected chi connectivity index (χ4v) is 2.55. The molecule has 1 N–H and O–H groups in total. The Labute approximate surface area is 159 Å². The zero-order valence-electron chi connectivity index (χ0n) is 15.4. The highest BCUT2D eigenvalue weighted by Crippen LogP contribution is 2.23. The Hall–Kier alpha value is -1.70. The van der Waals surface area contributed by atoms with E-state index in [-0.39, 0.29) is 19.1 Å². The van der Waals surface area contributed by atoms with Crippen LogP contribution in [0, 0.1) is 0 Å². The average molecular weight is 384 g/mol. The molecule has 1 amide bonds. The molecule has 1 aliphatic heterocycles. The summed E-state index contributed by atoms with van der Waals surface area (Å²) in [5, 5.41) is 13.5. The van der Waals surface area contributed by atoms with Crippen molar-refractivity contribution in [1.29, 1.82) is 0 Å². The smallest absolute Gasteiger partial charge is 0.264 e. The zero-order chi connectivity index (χ0) is 19.2. The summed E-state index contributed by atoms with van der Waals surface area (Å²) in [5.41, 5.74) is 0.415. The van der Waals surface area contributed by atoms with Gasteiger partial charge in [-0.3, -0.25) is 4.79 Å². The Morgan fingerprint density at radius 1 is 1.31 bits per heavy atom. The minimum Gasteiger partial charge on any atom is -0.478 e. The number of carbonyl (C=O) groups excluding carboxylic acids is 1. The van der Waals surface area contributed by atoms with Crippen molar-refractivity contribution in [2.24, 2.45) is 5.10 Å². The number of halogens is 1. The van der Waals surface area contributed by atoms with Crippen molar-refractivity contribution >= 4 is 23.7 Å². The van der Waals surface area contributed by atoms with Gasteiger partial charge in [-0.1, -0.05) is 0 Å². The Kier molecular flexibility index (Phi) is 7.37. The second-order valence-corrected chi connectivity index (χ2v) is 7.52. The van der Waals surface area contributed by atoms with Crippen LogP contribution in [-0.4, -0.2) is 57.5 Å². The third-order valence-corrected chi connectivity index (χ3v) is 4.18. The van der Waals surface area contributed by atoms with Crippen molar-refractivity contribution in [3.63, 3.8) is 0 Å². The molecule has 1 aliphatic rings. The van der Waals surface area contributed by atoms with Gasteiger partial charge in [-0.2, -0.15) is 5.10 Å². The fourth-order valence-electron chi connectivity index (χ4n) is 2.32. The van der Waals surface area contributed by atoms with Crippen molar-refractivity contribution in [3.05, 3.63) is 23.9 Å². The molecule has 144 valence electrons. The second-order valence-electron chi connectivity index (χ2n) is 7.05. The molecule has 2 unspecified atom stereocenters. The standard InChI is InChI=1S/C18H26ClN3O4/c1-18(2,3)22-17(24)16(19)14(11-21-22)26-12-13-6-7-15(20-10-13)25-9-5-4-8-23/h6-7,10-11,14,16,23H,4-5,8-9,12H2,1-3H3. The maximum Gasteiger partial charge on any atom is 0.264 e. The molecule has 0 aromatic carbocycles. The average Bonchev–Trinajstić information content (AvgIpc) is 2.60. The number of alkyl halides is 1. The van der Waals surface area contributed by atoms with E-state index in [4.69, 9.17) is 26.2 Å². The number of pyridine rings is 1. The molecule has 0 bridgehead atoms. The molecule has 8 heteroatoms. The van der Waals surface area contributed by atoms with E-state index in [9.17, 15) is 4.79 Å². The van der Waals surface area contributed by atoms with Crippen LogP contribution in [0.4, 0.5) is 0 Å². The molecule has 26 heavy (non-hydrogen) atoms. The number of hydrogen-bond acceptors (Lipinski definition) is 6. The van der Waals surface area contributed by atoms with Crippen LogP contribution >= 0.6 is 11.6 Å². The van der Waals surface area contributed by atoms with Crippen molar-refractivity contribution in [2.45, 2.75) is 57.2 Å². The number of rotatable bonds is 8. The highest BCUT2D eigenvalue weighted by Gasteiger charge is 2.38. The molecular weight excluding hydrogens is 358 g/mol. The molecule has 2 rings (SSSR count). The molecule has 0 fully saturated rings. The van der Waals surface area contributed by atoms with Crippen molar-refractivity contribution in [2.75, 3.05) is 13.2 Å². The highest BCUT2D eigenvalue weighted by atomic mass is 35.5. The number of unbranched alkanes of at least 4 members (excludes halogenated alkanes) is 1. The maximum atomic E-state index is 12.3. The molecular formula is C18H26ClN3O4. The summed E-state index contributed by atoms with van der Waals surface area (Å²) in [6.45, 7) is 6.63. The Balaban J connectivity index is 1.86. The monoisotopic (exact) mass is 383 g/mol. The van der Waals surface area contributed by atoms with Gasteiger partial charge < -0.3 is 14.6 Å². The number of nitrogens with zero attached hydrogens (tertiary/aromatic N) is 3. The number of hydrogen-bond donors (Lipinski definition) is 1. The lowest BCUT2D eigenvalue weighted by molar-refractivity contribution is -0.138. The normalized spacial score (nSPS) is 20.5. The lowest BCUT2D eigenvalue weighted by Crippen LogP contribution is -2.52. The third kappa shape index (κ3) is 5.65. The van der Waals surface area contributed by atoms with E-state index in [0.717, 1.165) is 12.0 Å². The van der Waals surface area contributed by atoms with E-state index >= 15 is 0 Å². The quantitative estimate of drug-likeness (QED) is 0.550. The molecule has 0 saturated heterocycles. The Morgan fingerprint density at radius 2 is 2.08 bits per heavy atom. The van der Waals surface area contributed by atoms with Crippen molar-refractivity contribution < 1.29 is 19.4 Å². The van der Waals surface area contributed by atoms with E-state index < -0.39 is 17.0 Å². The number of aromatic nitrogens is 1. The number of aliphatic hydroxyl groups is 1. The lowest BCUT2D eigenvalue weighted by Gasteiger charge is -2.36. The predicted molar refractivity (Wildman–Crippen MR) is 99.4 cm³/mol. The molecule has 7 nitrogen and oxygen atoms in total. The van der Waals surface area contributed by atoms with Crippen LogP contribution in [0.25, 0.3) is 0 Å². The minimum atomic E-state index is -0.811. The number of carbonyl (C=O) groups is 1. The van der Waals surface area contributed by atoms with Crippen LogP contribution in [0.1, 0.15) is 39.2 Å². The summed E-state index contributed by atoms with van der Waals surface area (Å²) >= 11 is 6.25. The van der Waals surface area contributed by atoms with E-state index in [1.54, 1.807) is 18.5 Å². The number of amides is 1. The van der Waals surface area contributed by atoms with Gasteiger partial charge in [0.15, 0.2) is 0 Å². The summed E-state index contributed by atoms with van der Waals surface area (Å²) in [5.74, 6) is 0.258. The first-order valence-corrected chi connectivity index (χ1v) is 9.09. The molecule has 1 aromatic rings.